The fourth-order valence-corrected chi connectivity index (χ4v) is 2.27. The number of alkyl halides is 1. The monoisotopic (exact) mass is 315 g/mol. The lowest BCUT2D eigenvalue weighted by Gasteiger charge is -2.10. The summed E-state index contributed by atoms with van der Waals surface area (Å²) in [5, 5.41) is 4.07. The first-order chi connectivity index (χ1) is 8.12. The molecular formula is C10H10BrN3O2S. The third kappa shape index (κ3) is 2.86. The Bertz CT molecular complexity index is 596. The topological polar surface area (TPSA) is 64.0 Å². The van der Waals surface area contributed by atoms with Gasteiger partial charge >= 0.3 is 0 Å². The van der Waals surface area contributed by atoms with Gasteiger partial charge < -0.3 is 0 Å². The summed E-state index contributed by atoms with van der Waals surface area (Å²) in [6.07, 6.45) is 3.39. The number of anilines is 1. The highest BCUT2D eigenvalue weighted by Crippen LogP contribution is 2.20. The second-order valence-electron chi connectivity index (χ2n) is 3.29. The first-order valence-electron chi connectivity index (χ1n) is 4.78. The average Bonchev–Trinajstić information content (AvgIpc) is 2.83. The zero-order valence-corrected chi connectivity index (χ0v) is 11.1. The summed E-state index contributed by atoms with van der Waals surface area (Å²) >= 11 is 2.93. The van der Waals surface area contributed by atoms with E-state index in [1.54, 1.807) is 41.3 Å². The van der Waals surface area contributed by atoms with Crippen molar-refractivity contribution in [1.82, 2.24) is 9.78 Å². The molecule has 0 amide bonds. The van der Waals surface area contributed by atoms with Gasteiger partial charge in [-0.15, -0.1) is 0 Å². The molecular weight excluding hydrogens is 306 g/mol. The molecule has 0 atom stereocenters. The summed E-state index contributed by atoms with van der Waals surface area (Å²) in [7, 11) is -3.36. The van der Waals surface area contributed by atoms with E-state index >= 15 is 0 Å². The SMILES string of the molecule is O=S(=O)(CBr)Nc1ccccc1-n1cccn1. The van der Waals surface area contributed by atoms with Gasteiger partial charge in [0.25, 0.3) is 0 Å². The van der Waals surface area contributed by atoms with Gasteiger partial charge in [-0.3, -0.25) is 4.72 Å². The number of nitrogens with zero attached hydrogens (tertiary/aromatic N) is 2. The molecule has 7 heteroatoms. The summed E-state index contributed by atoms with van der Waals surface area (Å²) in [6.45, 7) is 0. The first-order valence-corrected chi connectivity index (χ1v) is 7.55. The third-order valence-corrected chi connectivity index (χ3v) is 4.69. The van der Waals surface area contributed by atoms with Crippen LogP contribution in [0.2, 0.25) is 0 Å². The van der Waals surface area contributed by atoms with Crippen molar-refractivity contribution in [2.24, 2.45) is 0 Å². The maximum absolute atomic E-state index is 11.5. The van der Waals surface area contributed by atoms with E-state index in [9.17, 15) is 8.42 Å². The highest BCUT2D eigenvalue weighted by molar-refractivity contribution is 9.10. The zero-order valence-electron chi connectivity index (χ0n) is 8.75. The number of aromatic nitrogens is 2. The summed E-state index contributed by atoms with van der Waals surface area (Å²) < 4.78 is 27.0. The van der Waals surface area contributed by atoms with E-state index in [-0.39, 0.29) is 4.66 Å². The Morgan fingerprint density at radius 3 is 2.71 bits per heavy atom. The fourth-order valence-electron chi connectivity index (χ4n) is 1.37. The van der Waals surface area contributed by atoms with Gasteiger partial charge in [-0.05, 0) is 18.2 Å². The number of para-hydroxylation sites is 2. The van der Waals surface area contributed by atoms with Crippen molar-refractivity contribution in [2.45, 2.75) is 0 Å². The van der Waals surface area contributed by atoms with Crippen molar-refractivity contribution >= 4 is 31.6 Å². The van der Waals surface area contributed by atoms with E-state index in [1.165, 1.54) is 0 Å². The molecule has 0 aliphatic heterocycles. The number of rotatable bonds is 4. The molecule has 1 N–H and O–H groups in total. The number of nitrogens with one attached hydrogen (secondary N) is 1. The van der Waals surface area contributed by atoms with Crippen molar-refractivity contribution in [3.63, 3.8) is 0 Å². The molecule has 0 aliphatic carbocycles. The average molecular weight is 316 g/mol. The van der Waals surface area contributed by atoms with Crippen LogP contribution in [0.5, 0.6) is 0 Å². The van der Waals surface area contributed by atoms with Crippen molar-refractivity contribution in [3.8, 4) is 5.69 Å². The highest BCUT2D eigenvalue weighted by Gasteiger charge is 2.11. The second-order valence-corrected chi connectivity index (χ2v) is 6.32. The molecule has 1 heterocycles. The van der Waals surface area contributed by atoms with E-state index < -0.39 is 10.0 Å². The maximum atomic E-state index is 11.5. The van der Waals surface area contributed by atoms with Crippen LogP contribution >= 0.6 is 15.9 Å². The van der Waals surface area contributed by atoms with Crippen LogP contribution in [0.25, 0.3) is 5.69 Å². The van der Waals surface area contributed by atoms with E-state index in [4.69, 9.17) is 0 Å². The number of hydrogen-bond acceptors (Lipinski definition) is 3. The molecule has 0 saturated heterocycles. The molecule has 0 unspecified atom stereocenters. The minimum atomic E-state index is -3.36. The van der Waals surface area contributed by atoms with E-state index in [2.05, 4.69) is 25.8 Å². The van der Waals surface area contributed by atoms with Crippen LogP contribution < -0.4 is 4.72 Å². The van der Waals surface area contributed by atoms with Gasteiger partial charge in [-0.25, -0.2) is 13.1 Å². The van der Waals surface area contributed by atoms with Crippen LogP contribution in [0, 0.1) is 0 Å². The standard InChI is InChI=1S/C10H10BrN3O2S/c11-8-17(15,16)13-9-4-1-2-5-10(9)14-7-3-6-12-14/h1-7,13H,8H2. The molecule has 0 spiro atoms. The molecule has 90 valence electrons. The third-order valence-electron chi connectivity index (χ3n) is 2.06. The quantitative estimate of drug-likeness (QED) is 0.877. The van der Waals surface area contributed by atoms with Gasteiger partial charge in [0, 0.05) is 12.4 Å². The molecule has 1 aromatic heterocycles. The lowest BCUT2D eigenvalue weighted by Crippen LogP contribution is -2.15. The van der Waals surface area contributed by atoms with Gasteiger partial charge in [-0.1, -0.05) is 28.1 Å². The molecule has 5 nitrogen and oxygen atoms in total. The van der Waals surface area contributed by atoms with Crippen LogP contribution in [0.15, 0.2) is 42.7 Å². The van der Waals surface area contributed by atoms with E-state index in [0.29, 0.717) is 11.4 Å². The minimum Gasteiger partial charge on any atom is -0.281 e. The Kier molecular flexibility index (Phi) is 3.49. The maximum Gasteiger partial charge on any atom is 0.242 e. The molecule has 0 aliphatic rings. The number of halogens is 1. The summed E-state index contributed by atoms with van der Waals surface area (Å²) in [5.74, 6) is 0. The smallest absolute Gasteiger partial charge is 0.242 e. The lowest BCUT2D eigenvalue weighted by atomic mass is 10.3. The Morgan fingerprint density at radius 1 is 1.29 bits per heavy atom. The number of sulfonamides is 1. The van der Waals surface area contributed by atoms with Crippen LogP contribution in [0.1, 0.15) is 0 Å². The Hall–Kier alpha value is -1.34. The Balaban J connectivity index is 2.42. The summed E-state index contributed by atoms with van der Waals surface area (Å²) in [4.78, 5) is 0. The van der Waals surface area contributed by atoms with Crippen molar-refractivity contribution in [3.05, 3.63) is 42.7 Å². The van der Waals surface area contributed by atoms with Crippen LogP contribution in [-0.2, 0) is 10.0 Å². The number of benzene rings is 1. The van der Waals surface area contributed by atoms with Crippen LogP contribution in [0.4, 0.5) is 5.69 Å². The lowest BCUT2D eigenvalue weighted by molar-refractivity contribution is 0.606. The highest BCUT2D eigenvalue weighted by atomic mass is 79.9. The van der Waals surface area contributed by atoms with Crippen molar-refractivity contribution in [2.75, 3.05) is 9.38 Å². The van der Waals surface area contributed by atoms with Crippen LogP contribution in [-0.4, -0.2) is 22.9 Å². The minimum absolute atomic E-state index is 0.145. The molecule has 0 radical (unpaired) electrons. The van der Waals surface area contributed by atoms with Crippen LogP contribution in [0.3, 0.4) is 0 Å². The van der Waals surface area contributed by atoms with E-state index in [1.807, 2.05) is 6.07 Å². The zero-order chi connectivity index (χ0) is 12.3. The fraction of sp³-hybridized carbons (Fsp3) is 0.100. The van der Waals surface area contributed by atoms with Gasteiger partial charge in [0.1, 0.15) is 4.66 Å². The molecule has 17 heavy (non-hydrogen) atoms. The Morgan fingerprint density at radius 2 is 2.06 bits per heavy atom. The van der Waals surface area contributed by atoms with E-state index in [0.717, 1.165) is 0 Å². The molecule has 0 fully saturated rings. The van der Waals surface area contributed by atoms with Gasteiger partial charge in [0.05, 0.1) is 11.4 Å². The predicted molar refractivity (Wildman–Crippen MR) is 69.9 cm³/mol. The first kappa shape index (κ1) is 12.1. The number of hydrogen-bond donors (Lipinski definition) is 1. The Labute approximate surface area is 108 Å². The molecule has 1 aromatic carbocycles. The van der Waals surface area contributed by atoms with Gasteiger partial charge in [0.2, 0.25) is 10.0 Å². The second kappa shape index (κ2) is 4.89. The van der Waals surface area contributed by atoms with Crippen molar-refractivity contribution in [1.29, 1.82) is 0 Å². The van der Waals surface area contributed by atoms with Gasteiger partial charge in [-0.2, -0.15) is 5.10 Å². The van der Waals surface area contributed by atoms with Crippen molar-refractivity contribution < 1.29 is 8.42 Å². The van der Waals surface area contributed by atoms with Gasteiger partial charge in [0.15, 0.2) is 0 Å². The predicted octanol–water partition coefficient (Wildman–Crippen LogP) is 1.97. The summed E-state index contributed by atoms with van der Waals surface area (Å²) in [5.41, 5.74) is 1.18. The molecule has 0 saturated carbocycles. The molecule has 0 bridgehead atoms. The molecule has 2 rings (SSSR count). The molecule has 2 aromatic rings. The normalized spacial score (nSPS) is 11.4. The summed E-state index contributed by atoms with van der Waals surface area (Å²) in [6, 6.07) is 8.84. The largest absolute Gasteiger partial charge is 0.281 e.